The lowest BCUT2D eigenvalue weighted by Crippen LogP contribution is -2.32. The molecule has 0 aliphatic carbocycles. The van der Waals surface area contributed by atoms with Gasteiger partial charge in [-0.2, -0.15) is 0 Å². The molecule has 6 heteroatoms. The molecule has 0 bridgehead atoms. The van der Waals surface area contributed by atoms with Crippen LogP contribution < -0.4 is 15.4 Å². The van der Waals surface area contributed by atoms with Crippen molar-refractivity contribution < 1.29 is 19.1 Å². The highest BCUT2D eigenvalue weighted by molar-refractivity contribution is 6.04. The van der Waals surface area contributed by atoms with Crippen LogP contribution in [0.1, 0.15) is 34.3 Å². The molecule has 148 valence electrons. The number of rotatable bonds is 7. The molecule has 0 radical (unpaired) electrons. The smallest absolute Gasteiger partial charge is 0.262 e. The van der Waals surface area contributed by atoms with E-state index < -0.39 is 0 Å². The van der Waals surface area contributed by atoms with Crippen molar-refractivity contribution in [1.29, 1.82) is 0 Å². The number of ether oxygens (including phenoxy) is 2. The molecule has 1 aliphatic rings. The number of anilines is 1. The summed E-state index contributed by atoms with van der Waals surface area (Å²) < 4.78 is 11.2. The molecule has 3 rings (SSSR count). The van der Waals surface area contributed by atoms with Crippen molar-refractivity contribution >= 4 is 17.5 Å². The monoisotopic (exact) mass is 382 g/mol. The van der Waals surface area contributed by atoms with Crippen LogP contribution in [0.4, 0.5) is 5.69 Å². The van der Waals surface area contributed by atoms with Crippen LogP contribution >= 0.6 is 0 Å². The Morgan fingerprint density at radius 2 is 2.00 bits per heavy atom. The van der Waals surface area contributed by atoms with Crippen molar-refractivity contribution in [1.82, 2.24) is 5.32 Å². The van der Waals surface area contributed by atoms with Gasteiger partial charge in [0.25, 0.3) is 11.8 Å². The first-order valence-electron chi connectivity index (χ1n) is 9.51. The molecule has 0 saturated carbocycles. The van der Waals surface area contributed by atoms with Gasteiger partial charge in [0.1, 0.15) is 5.75 Å². The van der Waals surface area contributed by atoms with Crippen molar-refractivity contribution in [2.45, 2.75) is 32.8 Å². The standard InChI is InChI=1S/C22H26N2O4/c1-15-9-10-16(2)20(12-15)28-14-21(25)24-19-8-4-3-7-18(19)22(26)23-13-17-6-5-11-27-17/h3-4,7-10,12,17H,5-6,11,13-14H2,1-2H3,(H,23,26)(H,24,25). The zero-order valence-corrected chi connectivity index (χ0v) is 16.3. The number of nitrogens with one attached hydrogen (secondary N) is 2. The summed E-state index contributed by atoms with van der Waals surface area (Å²) in [5, 5.41) is 5.65. The van der Waals surface area contributed by atoms with Crippen molar-refractivity contribution in [2.24, 2.45) is 0 Å². The van der Waals surface area contributed by atoms with Crippen LogP contribution in [0, 0.1) is 13.8 Å². The van der Waals surface area contributed by atoms with E-state index in [1.54, 1.807) is 24.3 Å². The molecular formula is C22H26N2O4. The molecule has 6 nitrogen and oxygen atoms in total. The Kier molecular flexibility index (Phi) is 6.66. The van der Waals surface area contributed by atoms with Crippen LogP contribution in [-0.4, -0.2) is 37.7 Å². The Morgan fingerprint density at radius 3 is 2.79 bits per heavy atom. The second kappa shape index (κ2) is 9.37. The summed E-state index contributed by atoms with van der Waals surface area (Å²) in [7, 11) is 0. The summed E-state index contributed by atoms with van der Waals surface area (Å²) >= 11 is 0. The van der Waals surface area contributed by atoms with E-state index in [0.29, 0.717) is 23.5 Å². The Labute approximate surface area is 165 Å². The Morgan fingerprint density at radius 1 is 1.18 bits per heavy atom. The minimum atomic E-state index is -0.319. The number of carbonyl (C=O) groups excluding carboxylic acids is 2. The molecule has 2 N–H and O–H groups in total. The van der Waals surface area contributed by atoms with Crippen LogP contribution in [0.5, 0.6) is 5.75 Å². The van der Waals surface area contributed by atoms with Crippen LogP contribution in [0.25, 0.3) is 0 Å². The maximum atomic E-state index is 12.5. The van der Waals surface area contributed by atoms with Gasteiger partial charge in [-0.05, 0) is 56.0 Å². The molecule has 2 aromatic carbocycles. The molecular weight excluding hydrogens is 356 g/mol. The summed E-state index contributed by atoms with van der Waals surface area (Å²) in [6.07, 6.45) is 2.04. The predicted octanol–water partition coefficient (Wildman–Crippen LogP) is 3.23. The Hall–Kier alpha value is -2.86. The SMILES string of the molecule is Cc1ccc(C)c(OCC(=O)Nc2ccccc2C(=O)NCC2CCCO2)c1. The van der Waals surface area contributed by atoms with Crippen LogP contribution in [0.2, 0.25) is 0 Å². The maximum Gasteiger partial charge on any atom is 0.262 e. The second-order valence-corrected chi connectivity index (χ2v) is 7.00. The van der Waals surface area contributed by atoms with Crippen molar-refractivity contribution in [2.75, 3.05) is 25.1 Å². The zero-order chi connectivity index (χ0) is 19.9. The lowest BCUT2D eigenvalue weighted by molar-refractivity contribution is -0.118. The largest absolute Gasteiger partial charge is 0.483 e. The first-order chi connectivity index (χ1) is 13.5. The van der Waals surface area contributed by atoms with E-state index in [9.17, 15) is 9.59 Å². The normalized spacial score (nSPS) is 15.9. The van der Waals surface area contributed by atoms with Crippen molar-refractivity contribution in [3.8, 4) is 5.75 Å². The topological polar surface area (TPSA) is 76.7 Å². The quantitative estimate of drug-likeness (QED) is 0.771. The summed E-state index contributed by atoms with van der Waals surface area (Å²) in [4.78, 5) is 24.9. The summed E-state index contributed by atoms with van der Waals surface area (Å²) in [5.41, 5.74) is 2.91. The van der Waals surface area contributed by atoms with E-state index in [1.807, 2.05) is 32.0 Å². The van der Waals surface area contributed by atoms with Gasteiger partial charge in [-0.15, -0.1) is 0 Å². The van der Waals surface area contributed by atoms with E-state index >= 15 is 0 Å². The molecule has 0 spiro atoms. The molecule has 2 amide bonds. The van der Waals surface area contributed by atoms with Crippen LogP contribution in [-0.2, 0) is 9.53 Å². The average Bonchev–Trinajstić information content (AvgIpc) is 3.21. The molecule has 1 saturated heterocycles. The number of carbonyl (C=O) groups is 2. The van der Waals surface area contributed by atoms with Gasteiger partial charge in [0.15, 0.2) is 6.61 Å². The third kappa shape index (κ3) is 5.33. The number of hydrogen-bond donors (Lipinski definition) is 2. The first kappa shape index (κ1) is 19.9. The van der Waals surface area contributed by atoms with Crippen LogP contribution in [0.15, 0.2) is 42.5 Å². The number of para-hydroxylation sites is 1. The molecule has 1 aliphatic heterocycles. The highest BCUT2D eigenvalue weighted by atomic mass is 16.5. The summed E-state index contributed by atoms with van der Waals surface area (Å²) in [6.45, 7) is 4.98. The fraction of sp³-hybridized carbons (Fsp3) is 0.364. The molecule has 2 aromatic rings. The fourth-order valence-corrected chi connectivity index (χ4v) is 3.09. The first-order valence-corrected chi connectivity index (χ1v) is 9.51. The maximum absolute atomic E-state index is 12.5. The zero-order valence-electron chi connectivity index (χ0n) is 16.3. The number of amides is 2. The van der Waals surface area contributed by atoms with Crippen LogP contribution in [0.3, 0.4) is 0 Å². The summed E-state index contributed by atoms with van der Waals surface area (Å²) in [6, 6.07) is 12.8. The van der Waals surface area contributed by atoms with Gasteiger partial charge in [-0.25, -0.2) is 0 Å². The number of aryl methyl sites for hydroxylation is 2. The van der Waals surface area contributed by atoms with E-state index in [4.69, 9.17) is 9.47 Å². The third-order valence-electron chi connectivity index (χ3n) is 4.66. The van der Waals surface area contributed by atoms with Crippen molar-refractivity contribution in [3.63, 3.8) is 0 Å². The Balaban J connectivity index is 1.58. The van der Waals surface area contributed by atoms with Gasteiger partial charge in [-0.3, -0.25) is 9.59 Å². The highest BCUT2D eigenvalue weighted by Crippen LogP contribution is 2.20. The molecule has 1 unspecified atom stereocenters. The van der Waals surface area contributed by atoms with Gasteiger partial charge in [0.2, 0.25) is 0 Å². The molecule has 1 heterocycles. The Bertz CT molecular complexity index is 844. The fourth-order valence-electron chi connectivity index (χ4n) is 3.09. The minimum absolute atomic E-state index is 0.0664. The van der Waals surface area contributed by atoms with Gasteiger partial charge < -0.3 is 20.1 Å². The third-order valence-corrected chi connectivity index (χ3v) is 4.66. The van der Waals surface area contributed by atoms with Crippen molar-refractivity contribution in [3.05, 3.63) is 59.2 Å². The number of benzene rings is 2. The van der Waals surface area contributed by atoms with E-state index in [-0.39, 0.29) is 24.5 Å². The van der Waals surface area contributed by atoms with E-state index in [0.717, 1.165) is 30.6 Å². The summed E-state index contributed by atoms with van der Waals surface area (Å²) in [5.74, 6) is 0.125. The minimum Gasteiger partial charge on any atom is -0.483 e. The van der Waals surface area contributed by atoms with Gasteiger partial charge in [0, 0.05) is 13.2 Å². The average molecular weight is 382 g/mol. The highest BCUT2D eigenvalue weighted by Gasteiger charge is 2.18. The molecule has 1 atom stereocenters. The molecule has 0 aromatic heterocycles. The van der Waals surface area contributed by atoms with Gasteiger partial charge in [-0.1, -0.05) is 24.3 Å². The van der Waals surface area contributed by atoms with E-state index in [1.165, 1.54) is 0 Å². The lowest BCUT2D eigenvalue weighted by Gasteiger charge is -2.14. The van der Waals surface area contributed by atoms with Gasteiger partial charge in [0.05, 0.1) is 17.4 Å². The number of hydrogen-bond acceptors (Lipinski definition) is 4. The molecule has 28 heavy (non-hydrogen) atoms. The van der Waals surface area contributed by atoms with Gasteiger partial charge >= 0.3 is 0 Å². The molecule has 1 fully saturated rings. The lowest BCUT2D eigenvalue weighted by atomic mass is 10.1. The predicted molar refractivity (Wildman–Crippen MR) is 108 cm³/mol. The second-order valence-electron chi connectivity index (χ2n) is 7.00. The van der Waals surface area contributed by atoms with E-state index in [2.05, 4.69) is 10.6 Å².